The smallest absolute Gasteiger partial charge is 0.323 e. The topological polar surface area (TPSA) is 113 Å². The van der Waals surface area contributed by atoms with Gasteiger partial charge in [0.2, 0.25) is 5.91 Å². The van der Waals surface area contributed by atoms with E-state index < -0.39 is 31.0 Å². The molecular formula is C9H15N3O4. The van der Waals surface area contributed by atoms with Gasteiger partial charge in [-0.3, -0.25) is 9.59 Å². The van der Waals surface area contributed by atoms with E-state index in [9.17, 15) is 14.4 Å². The Hall–Kier alpha value is -2.05. The summed E-state index contributed by atoms with van der Waals surface area (Å²) >= 11 is 0. The number of nitrogens with zero attached hydrogens (tertiary/aromatic N) is 1. The van der Waals surface area contributed by atoms with Gasteiger partial charge in [0.1, 0.15) is 13.1 Å². The number of urea groups is 1. The van der Waals surface area contributed by atoms with Crippen LogP contribution in [0, 0.1) is 0 Å². The highest BCUT2D eigenvalue weighted by atomic mass is 16.4. The van der Waals surface area contributed by atoms with Gasteiger partial charge in [-0.1, -0.05) is 6.08 Å². The summed E-state index contributed by atoms with van der Waals surface area (Å²) in [6, 6.07) is -0.995. The highest BCUT2D eigenvalue weighted by Gasteiger charge is 2.19. The fourth-order valence-electron chi connectivity index (χ4n) is 0.896. The van der Waals surface area contributed by atoms with E-state index in [1.165, 1.54) is 6.08 Å². The summed E-state index contributed by atoms with van der Waals surface area (Å²) in [5, 5.41) is 11.0. The second kappa shape index (κ2) is 6.44. The first-order valence-corrected chi connectivity index (χ1v) is 4.55. The molecule has 0 radical (unpaired) electrons. The van der Waals surface area contributed by atoms with Crippen LogP contribution < -0.4 is 11.1 Å². The second-order valence-electron chi connectivity index (χ2n) is 3.19. The number of primary amides is 1. The zero-order chi connectivity index (χ0) is 12.7. The zero-order valence-corrected chi connectivity index (χ0v) is 8.97. The summed E-state index contributed by atoms with van der Waals surface area (Å²) in [5.41, 5.74) is 4.90. The Morgan fingerprint density at radius 1 is 1.50 bits per heavy atom. The molecule has 3 amide bonds. The molecule has 0 aliphatic rings. The fourth-order valence-corrected chi connectivity index (χ4v) is 0.896. The molecule has 4 N–H and O–H groups in total. The predicted octanol–water partition coefficient (Wildman–Crippen LogP) is -0.858. The van der Waals surface area contributed by atoms with Crippen LogP contribution in [0.25, 0.3) is 0 Å². The molecule has 7 heteroatoms. The summed E-state index contributed by atoms with van der Waals surface area (Å²) in [7, 11) is 0. The highest BCUT2D eigenvalue weighted by Crippen LogP contribution is 1.92. The molecule has 0 heterocycles. The highest BCUT2D eigenvalue weighted by molar-refractivity contribution is 5.86. The number of carboxylic acid groups (broad SMARTS) is 1. The van der Waals surface area contributed by atoms with Crippen molar-refractivity contribution in [1.29, 1.82) is 0 Å². The summed E-state index contributed by atoms with van der Waals surface area (Å²) in [4.78, 5) is 33.4. The van der Waals surface area contributed by atoms with Crippen LogP contribution in [0.3, 0.4) is 0 Å². The van der Waals surface area contributed by atoms with Crippen molar-refractivity contribution in [1.82, 2.24) is 10.2 Å². The lowest BCUT2D eigenvalue weighted by molar-refractivity contribution is -0.137. The lowest BCUT2D eigenvalue weighted by atomic mass is 10.3. The van der Waals surface area contributed by atoms with E-state index in [1.54, 1.807) is 6.92 Å². The maximum Gasteiger partial charge on any atom is 0.323 e. The van der Waals surface area contributed by atoms with Crippen LogP contribution in [0.2, 0.25) is 0 Å². The number of aliphatic carboxylic acids is 1. The lowest BCUT2D eigenvalue weighted by Gasteiger charge is -2.21. The number of nitrogens with two attached hydrogens (primary N) is 1. The Morgan fingerprint density at radius 2 is 2.06 bits per heavy atom. The van der Waals surface area contributed by atoms with Gasteiger partial charge in [-0.2, -0.15) is 0 Å². The van der Waals surface area contributed by atoms with E-state index in [-0.39, 0.29) is 6.04 Å². The third-order valence-electron chi connectivity index (χ3n) is 1.66. The van der Waals surface area contributed by atoms with Crippen LogP contribution in [0.4, 0.5) is 4.79 Å². The average Bonchev–Trinajstić information content (AvgIpc) is 2.15. The van der Waals surface area contributed by atoms with Gasteiger partial charge in [0.15, 0.2) is 0 Å². The summed E-state index contributed by atoms with van der Waals surface area (Å²) < 4.78 is 0. The Morgan fingerprint density at radius 3 is 2.44 bits per heavy atom. The fraction of sp³-hybridized carbons (Fsp3) is 0.444. The van der Waals surface area contributed by atoms with Crippen molar-refractivity contribution in [2.75, 3.05) is 13.1 Å². The standard InChI is InChI=1S/C9H15N3O4/c1-3-6(2)11-9(16)12(4-7(10)13)5-8(14)15/h3,6H,1,4-5H2,2H3,(H2,10,13)(H,11,16)(H,14,15). The van der Waals surface area contributed by atoms with Crippen molar-refractivity contribution in [2.45, 2.75) is 13.0 Å². The predicted molar refractivity (Wildman–Crippen MR) is 56.6 cm³/mol. The van der Waals surface area contributed by atoms with Crippen LogP contribution in [-0.2, 0) is 9.59 Å². The number of hydrogen-bond acceptors (Lipinski definition) is 3. The number of carbonyl (C=O) groups excluding carboxylic acids is 2. The first kappa shape index (κ1) is 13.9. The van der Waals surface area contributed by atoms with Gasteiger partial charge >= 0.3 is 12.0 Å². The lowest BCUT2D eigenvalue weighted by Crippen LogP contribution is -2.48. The first-order valence-electron chi connectivity index (χ1n) is 4.55. The number of rotatable bonds is 6. The SMILES string of the molecule is C=CC(C)NC(=O)N(CC(N)=O)CC(=O)O. The number of nitrogens with one attached hydrogen (secondary N) is 1. The van der Waals surface area contributed by atoms with Gasteiger partial charge in [-0.05, 0) is 6.92 Å². The third kappa shape index (κ3) is 5.63. The van der Waals surface area contributed by atoms with E-state index in [4.69, 9.17) is 10.8 Å². The van der Waals surface area contributed by atoms with E-state index in [0.717, 1.165) is 4.90 Å². The summed E-state index contributed by atoms with van der Waals surface area (Å²) in [6.45, 7) is 4.09. The van der Waals surface area contributed by atoms with Crippen LogP contribution in [0.15, 0.2) is 12.7 Å². The molecule has 16 heavy (non-hydrogen) atoms. The minimum atomic E-state index is -1.22. The maximum absolute atomic E-state index is 11.5. The number of carboxylic acids is 1. The van der Waals surface area contributed by atoms with Crippen molar-refractivity contribution in [3.05, 3.63) is 12.7 Å². The largest absolute Gasteiger partial charge is 0.480 e. The maximum atomic E-state index is 11.5. The van der Waals surface area contributed by atoms with Crippen molar-refractivity contribution in [3.63, 3.8) is 0 Å². The van der Waals surface area contributed by atoms with Crippen molar-refractivity contribution >= 4 is 17.9 Å². The molecule has 0 aromatic heterocycles. The minimum absolute atomic E-state index is 0.323. The van der Waals surface area contributed by atoms with Crippen LogP contribution in [-0.4, -0.2) is 47.0 Å². The van der Waals surface area contributed by atoms with Crippen molar-refractivity contribution in [2.24, 2.45) is 5.73 Å². The first-order chi connectivity index (χ1) is 7.36. The molecule has 0 fully saturated rings. The Balaban J connectivity index is 4.48. The second-order valence-corrected chi connectivity index (χ2v) is 3.19. The van der Waals surface area contributed by atoms with Gasteiger partial charge in [-0.15, -0.1) is 6.58 Å². The Labute approximate surface area is 92.9 Å². The molecule has 7 nitrogen and oxygen atoms in total. The monoisotopic (exact) mass is 229 g/mol. The van der Waals surface area contributed by atoms with Crippen LogP contribution >= 0.6 is 0 Å². The van der Waals surface area contributed by atoms with Gasteiger partial charge < -0.3 is 21.1 Å². The molecule has 0 aromatic carbocycles. The zero-order valence-electron chi connectivity index (χ0n) is 8.97. The molecule has 0 spiro atoms. The molecule has 0 rings (SSSR count). The average molecular weight is 229 g/mol. The molecule has 1 atom stereocenters. The van der Waals surface area contributed by atoms with Gasteiger partial charge in [0.25, 0.3) is 0 Å². The van der Waals surface area contributed by atoms with Crippen LogP contribution in [0.5, 0.6) is 0 Å². The molecule has 0 aliphatic heterocycles. The van der Waals surface area contributed by atoms with Crippen molar-refractivity contribution in [3.8, 4) is 0 Å². The van der Waals surface area contributed by atoms with Crippen LogP contribution in [0.1, 0.15) is 6.92 Å². The van der Waals surface area contributed by atoms with Gasteiger partial charge in [-0.25, -0.2) is 4.79 Å². The van der Waals surface area contributed by atoms with Gasteiger partial charge in [0.05, 0.1) is 0 Å². The molecule has 0 saturated carbocycles. The molecule has 0 aromatic rings. The molecule has 0 aliphatic carbocycles. The number of hydrogen-bond donors (Lipinski definition) is 3. The number of carbonyl (C=O) groups is 3. The van der Waals surface area contributed by atoms with Crippen molar-refractivity contribution < 1.29 is 19.5 Å². The van der Waals surface area contributed by atoms with E-state index in [2.05, 4.69) is 11.9 Å². The minimum Gasteiger partial charge on any atom is -0.480 e. The Bertz CT molecular complexity index is 287. The van der Waals surface area contributed by atoms with E-state index >= 15 is 0 Å². The Kier molecular flexibility index (Phi) is 5.61. The molecular weight excluding hydrogens is 214 g/mol. The van der Waals surface area contributed by atoms with E-state index in [1.807, 2.05) is 0 Å². The number of amides is 3. The van der Waals surface area contributed by atoms with E-state index in [0.29, 0.717) is 0 Å². The normalized spacial score (nSPS) is 11.3. The summed E-state index contributed by atoms with van der Waals surface area (Å²) in [6.07, 6.45) is 1.47. The molecule has 0 saturated heterocycles. The quantitative estimate of drug-likeness (QED) is 0.514. The molecule has 0 bridgehead atoms. The molecule has 90 valence electrons. The summed E-state index contributed by atoms with van der Waals surface area (Å²) in [5.74, 6) is -2.00. The molecule has 1 unspecified atom stereocenters. The third-order valence-corrected chi connectivity index (χ3v) is 1.66. The van der Waals surface area contributed by atoms with Gasteiger partial charge in [0, 0.05) is 6.04 Å².